The number of carbonyl (C=O) groups is 1. The first-order valence-electron chi connectivity index (χ1n) is 6.85. The van der Waals surface area contributed by atoms with Crippen molar-refractivity contribution in [3.63, 3.8) is 0 Å². The SMILES string of the molecule is COC(=O)/C=C(\C)c1sc(C)nc1-c1cc(C)ccc1OC. The van der Waals surface area contributed by atoms with E-state index in [0.717, 1.165) is 38.0 Å². The number of esters is 1. The van der Waals surface area contributed by atoms with Crippen LogP contribution in [-0.2, 0) is 9.53 Å². The fourth-order valence-corrected chi connectivity index (χ4v) is 3.09. The summed E-state index contributed by atoms with van der Waals surface area (Å²) in [6, 6.07) is 5.98. The summed E-state index contributed by atoms with van der Waals surface area (Å²) in [5, 5.41) is 0.936. The Morgan fingerprint density at radius 3 is 2.64 bits per heavy atom. The van der Waals surface area contributed by atoms with E-state index < -0.39 is 0 Å². The number of allylic oxidation sites excluding steroid dienone is 1. The molecule has 0 saturated heterocycles. The molecular formula is C17H19NO3S. The largest absolute Gasteiger partial charge is 0.496 e. The number of methoxy groups -OCH3 is 2. The highest BCUT2D eigenvalue weighted by Gasteiger charge is 2.17. The molecule has 0 atom stereocenters. The Hall–Kier alpha value is -2.14. The number of carbonyl (C=O) groups excluding carboxylic acids is 1. The monoisotopic (exact) mass is 317 g/mol. The Morgan fingerprint density at radius 1 is 1.27 bits per heavy atom. The molecule has 1 aromatic heterocycles. The quantitative estimate of drug-likeness (QED) is 0.631. The third-order valence-electron chi connectivity index (χ3n) is 3.24. The first-order valence-corrected chi connectivity index (χ1v) is 7.67. The molecule has 0 aliphatic rings. The van der Waals surface area contributed by atoms with Gasteiger partial charge in [-0.15, -0.1) is 11.3 Å². The van der Waals surface area contributed by atoms with E-state index in [2.05, 4.69) is 4.98 Å². The molecule has 0 amide bonds. The Balaban J connectivity index is 2.61. The van der Waals surface area contributed by atoms with Crippen LogP contribution in [0.15, 0.2) is 24.3 Å². The third kappa shape index (κ3) is 3.36. The topological polar surface area (TPSA) is 48.4 Å². The van der Waals surface area contributed by atoms with Gasteiger partial charge in [0, 0.05) is 11.6 Å². The third-order valence-corrected chi connectivity index (χ3v) is 4.34. The van der Waals surface area contributed by atoms with Crippen LogP contribution in [0, 0.1) is 13.8 Å². The molecule has 2 rings (SSSR count). The number of nitrogens with zero attached hydrogens (tertiary/aromatic N) is 1. The molecule has 0 N–H and O–H groups in total. The summed E-state index contributed by atoms with van der Waals surface area (Å²) >= 11 is 1.55. The van der Waals surface area contributed by atoms with E-state index in [4.69, 9.17) is 9.47 Å². The molecule has 1 heterocycles. The Bertz CT molecular complexity index is 732. The van der Waals surface area contributed by atoms with Gasteiger partial charge in [-0.1, -0.05) is 11.6 Å². The molecule has 116 valence electrons. The average molecular weight is 317 g/mol. The second-order valence-corrected chi connectivity index (χ2v) is 6.17. The minimum atomic E-state index is -0.370. The predicted molar refractivity (Wildman–Crippen MR) is 89.2 cm³/mol. The van der Waals surface area contributed by atoms with E-state index in [1.54, 1.807) is 18.4 Å². The van der Waals surface area contributed by atoms with Crippen molar-refractivity contribution in [2.24, 2.45) is 0 Å². The van der Waals surface area contributed by atoms with Gasteiger partial charge in [0.15, 0.2) is 0 Å². The molecule has 0 unspecified atom stereocenters. The van der Waals surface area contributed by atoms with E-state index >= 15 is 0 Å². The number of benzene rings is 1. The fourth-order valence-electron chi connectivity index (χ4n) is 2.19. The van der Waals surface area contributed by atoms with E-state index in [1.165, 1.54) is 13.2 Å². The molecule has 0 aliphatic carbocycles. The summed E-state index contributed by atoms with van der Waals surface area (Å²) in [4.78, 5) is 17.1. The van der Waals surface area contributed by atoms with E-state index in [1.807, 2.05) is 39.0 Å². The molecule has 0 spiro atoms. The predicted octanol–water partition coefficient (Wildman–Crippen LogP) is 4.01. The highest BCUT2D eigenvalue weighted by molar-refractivity contribution is 7.13. The number of hydrogen-bond acceptors (Lipinski definition) is 5. The molecule has 0 radical (unpaired) electrons. The van der Waals surface area contributed by atoms with Crippen LogP contribution in [0.1, 0.15) is 22.4 Å². The molecule has 22 heavy (non-hydrogen) atoms. The minimum absolute atomic E-state index is 0.370. The summed E-state index contributed by atoms with van der Waals surface area (Å²) in [6.45, 7) is 5.86. The molecule has 1 aromatic carbocycles. The molecule has 2 aromatic rings. The smallest absolute Gasteiger partial charge is 0.330 e. The van der Waals surface area contributed by atoms with Crippen molar-refractivity contribution < 1.29 is 14.3 Å². The lowest BCUT2D eigenvalue weighted by Crippen LogP contribution is -1.96. The maximum absolute atomic E-state index is 11.5. The number of hydrogen-bond donors (Lipinski definition) is 0. The van der Waals surface area contributed by atoms with Crippen LogP contribution in [0.5, 0.6) is 5.75 Å². The molecule has 0 saturated carbocycles. The molecular weight excluding hydrogens is 298 g/mol. The van der Waals surface area contributed by atoms with Crippen LogP contribution in [0.4, 0.5) is 0 Å². The summed E-state index contributed by atoms with van der Waals surface area (Å²) in [6.07, 6.45) is 1.48. The average Bonchev–Trinajstić information content (AvgIpc) is 2.89. The Kier molecular flexibility index (Phi) is 4.98. The highest BCUT2D eigenvalue weighted by atomic mass is 32.1. The normalized spacial score (nSPS) is 11.4. The Morgan fingerprint density at radius 2 is 2.00 bits per heavy atom. The number of aryl methyl sites for hydroxylation is 2. The van der Waals surface area contributed by atoms with Gasteiger partial charge in [0.2, 0.25) is 0 Å². The van der Waals surface area contributed by atoms with Gasteiger partial charge in [0.25, 0.3) is 0 Å². The molecule has 0 fully saturated rings. The second kappa shape index (κ2) is 6.75. The van der Waals surface area contributed by atoms with Gasteiger partial charge >= 0.3 is 5.97 Å². The molecule has 0 bridgehead atoms. The fraction of sp³-hybridized carbons (Fsp3) is 0.294. The standard InChI is InChI=1S/C17H19NO3S/c1-10-6-7-14(20-4)13(8-10)16-17(22-12(3)18-16)11(2)9-15(19)21-5/h6-9H,1-5H3/b11-9+. The maximum atomic E-state index is 11.5. The van der Waals surface area contributed by atoms with Crippen LogP contribution in [-0.4, -0.2) is 25.2 Å². The number of ether oxygens (including phenoxy) is 2. The second-order valence-electron chi connectivity index (χ2n) is 4.96. The number of rotatable bonds is 4. The Labute approximate surface area is 134 Å². The van der Waals surface area contributed by atoms with Gasteiger partial charge in [0.05, 0.1) is 29.8 Å². The van der Waals surface area contributed by atoms with Crippen LogP contribution in [0.2, 0.25) is 0 Å². The van der Waals surface area contributed by atoms with E-state index in [9.17, 15) is 4.79 Å². The van der Waals surface area contributed by atoms with Crippen molar-refractivity contribution in [1.82, 2.24) is 4.98 Å². The summed E-state index contributed by atoms with van der Waals surface area (Å²) in [5.41, 5.74) is 3.72. The van der Waals surface area contributed by atoms with Crippen LogP contribution in [0.25, 0.3) is 16.8 Å². The lowest BCUT2D eigenvalue weighted by molar-refractivity contribution is -0.134. The van der Waals surface area contributed by atoms with E-state index in [0.29, 0.717) is 0 Å². The number of thiazole rings is 1. The lowest BCUT2D eigenvalue weighted by atomic mass is 10.0. The van der Waals surface area contributed by atoms with Gasteiger partial charge in [-0.25, -0.2) is 9.78 Å². The highest BCUT2D eigenvalue weighted by Crippen LogP contribution is 2.38. The van der Waals surface area contributed by atoms with Crippen LogP contribution in [0.3, 0.4) is 0 Å². The van der Waals surface area contributed by atoms with Gasteiger partial charge in [-0.2, -0.15) is 0 Å². The summed E-state index contributed by atoms with van der Waals surface area (Å²) in [7, 11) is 3.01. The zero-order valence-electron chi connectivity index (χ0n) is 13.4. The zero-order chi connectivity index (χ0) is 16.3. The summed E-state index contributed by atoms with van der Waals surface area (Å²) < 4.78 is 10.2. The summed E-state index contributed by atoms with van der Waals surface area (Å²) in [5.74, 6) is 0.397. The first-order chi connectivity index (χ1) is 10.5. The molecule has 0 aliphatic heterocycles. The molecule has 5 heteroatoms. The molecule has 4 nitrogen and oxygen atoms in total. The van der Waals surface area contributed by atoms with Gasteiger partial charge in [0.1, 0.15) is 5.75 Å². The van der Waals surface area contributed by atoms with Gasteiger partial charge in [-0.05, 0) is 38.5 Å². The lowest BCUT2D eigenvalue weighted by Gasteiger charge is -2.09. The van der Waals surface area contributed by atoms with Crippen molar-refractivity contribution in [2.45, 2.75) is 20.8 Å². The van der Waals surface area contributed by atoms with Gasteiger partial charge in [-0.3, -0.25) is 0 Å². The van der Waals surface area contributed by atoms with Crippen molar-refractivity contribution in [3.8, 4) is 17.0 Å². The first kappa shape index (κ1) is 16.2. The van der Waals surface area contributed by atoms with Crippen LogP contribution < -0.4 is 4.74 Å². The van der Waals surface area contributed by atoms with E-state index in [-0.39, 0.29) is 5.97 Å². The van der Waals surface area contributed by atoms with Crippen molar-refractivity contribution >= 4 is 22.9 Å². The minimum Gasteiger partial charge on any atom is -0.496 e. The van der Waals surface area contributed by atoms with Crippen molar-refractivity contribution in [1.29, 1.82) is 0 Å². The van der Waals surface area contributed by atoms with Crippen LogP contribution >= 0.6 is 11.3 Å². The number of aromatic nitrogens is 1. The van der Waals surface area contributed by atoms with Crippen molar-refractivity contribution in [3.05, 3.63) is 39.7 Å². The zero-order valence-corrected chi connectivity index (χ0v) is 14.2. The van der Waals surface area contributed by atoms with Gasteiger partial charge < -0.3 is 9.47 Å². The van der Waals surface area contributed by atoms with Crippen molar-refractivity contribution in [2.75, 3.05) is 14.2 Å². The maximum Gasteiger partial charge on any atom is 0.330 e.